The second-order valence-electron chi connectivity index (χ2n) is 8.32. The van der Waals surface area contributed by atoms with E-state index < -0.39 is 0 Å². The van der Waals surface area contributed by atoms with Crippen LogP contribution in [0.25, 0.3) is 22.6 Å². The molecule has 1 saturated heterocycles. The highest BCUT2D eigenvalue weighted by atomic mass is 16.4. The smallest absolute Gasteiger partial charge is 0.298 e. The van der Waals surface area contributed by atoms with Gasteiger partial charge in [-0.15, -0.1) is 0 Å². The predicted molar refractivity (Wildman–Crippen MR) is 114 cm³/mol. The van der Waals surface area contributed by atoms with Crippen LogP contribution in [0.4, 0.5) is 6.01 Å². The van der Waals surface area contributed by atoms with Crippen LogP contribution in [-0.4, -0.2) is 62.3 Å². The first-order chi connectivity index (χ1) is 14.6. The summed E-state index contributed by atoms with van der Waals surface area (Å²) in [5.41, 5.74) is 5.41. The molecule has 0 unspecified atom stereocenters. The van der Waals surface area contributed by atoms with Crippen molar-refractivity contribution < 1.29 is 14.6 Å². The molecule has 1 aliphatic carbocycles. The highest BCUT2D eigenvalue weighted by molar-refractivity contribution is 5.77. The minimum atomic E-state index is 0.168. The number of aromatic hydroxyl groups is 1. The van der Waals surface area contributed by atoms with E-state index in [9.17, 15) is 10.2 Å². The fourth-order valence-corrected chi connectivity index (χ4v) is 4.79. The van der Waals surface area contributed by atoms with Gasteiger partial charge in [-0.05, 0) is 62.3 Å². The number of anilines is 1. The summed E-state index contributed by atoms with van der Waals surface area (Å²) in [6.07, 6.45) is 6.72. The van der Waals surface area contributed by atoms with E-state index in [-0.39, 0.29) is 12.6 Å². The Balaban J connectivity index is 1.41. The molecule has 8 nitrogen and oxygen atoms in total. The third-order valence-electron chi connectivity index (χ3n) is 6.20. The Morgan fingerprint density at radius 1 is 1.27 bits per heavy atom. The van der Waals surface area contributed by atoms with Crippen molar-refractivity contribution >= 4 is 17.4 Å². The van der Waals surface area contributed by atoms with Gasteiger partial charge in [0.05, 0.1) is 18.5 Å². The summed E-state index contributed by atoms with van der Waals surface area (Å²) in [5, 5.41) is 23.4. The Kier molecular flexibility index (Phi) is 5.04. The van der Waals surface area contributed by atoms with E-state index in [1.165, 1.54) is 5.56 Å². The van der Waals surface area contributed by atoms with E-state index >= 15 is 0 Å². The third-order valence-corrected chi connectivity index (χ3v) is 6.20. The fraction of sp³-hybridized carbons (Fsp3) is 0.500. The van der Waals surface area contributed by atoms with E-state index in [0.717, 1.165) is 61.9 Å². The largest absolute Gasteiger partial charge is 0.507 e. The minimum absolute atomic E-state index is 0.168. The van der Waals surface area contributed by atoms with Crippen molar-refractivity contribution in [3.63, 3.8) is 0 Å². The molecule has 0 spiro atoms. The Morgan fingerprint density at radius 2 is 2.17 bits per heavy atom. The molecule has 1 atom stereocenters. The van der Waals surface area contributed by atoms with Crippen LogP contribution in [0, 0.1) is 6.92 Å². The number of nitrogens with zero attached hydrogens (tertiary/aromatic N) is 4. The summed E-state index contributed by atoms with van der Waals surface area (Å²) in [5.74, 6) is 0.323. The molecular weight excluding hydrogens is 382 g/mol. The second-order valence-corrected chi connectivity index (χ2v) is 8.32. The molecule has 1 aliphatic heterocycles. The number of nitrogens with one attached hydrogen (secondary N) is 1. The molecule has 158 valence electrons. The maximum Gasteiger partial charge on any atom is 0.298 e. The van der Waals surface area contributed by atoms with Crippen molar-refractivity contribution in [2.45, 2.75) is 45.1 Å². The highest BCUT2D eigenvalue weighted by Crippen LogP contribution is 2.40. The number of aliphatic hydroxyl groups is 1. The number of aryl methyl sites for hydroxylation is 2. The van der Waals surface area contributed by atoms with Gasteiger partial charge < -0.3 is 19.9 Å². The minimum Gasteiger partial charge on any atom is -0.507 e. The van der Waals surface area contributed by atoms with E-state index in [2.05, 4.69) is 31.2 Å². The van der Waals surface area contributed by atoms with Crippen molar-refractivity contribution in [2.75, 3.05) is 31.6 Å². The molecule has 3 N–H and O–H groups in total. The average molecular weight is 409 g/mol. The number of aromatic nitrogens is 3. The summed E-state index contributed by atoms with van der Waals surface area (Å²) in [6.45, 7) is 4.69. The summed E-state index contributed by atoms with van der Waals surface area (Å²) in [6, 6.07) is 2.77. The molecule has 0 radical (unpaired) electrons. The van der Waals surface area contributed by atoms with Gasteiger partial charge in [0.1, 0.15) is 5.75 Å². The van der Waals surface area contributed by atoms with Crippen LogP contribution in [0.3, 0.4) is 0 Å². The van der Waals surface area contributed by atoms with Crippen molar-refractivity contribution in [1.82, 2.24) is 19.9 Å². The van der Waals surface area contributed by atoms with Gasteiger partial charge in [-0.2, -0.15) is 4.98 Å². The van der Waals surface area contributed by atoms with Crippen LogP contribution in [0.5, 0.6) is 5.75 Å². The number of fused-ring (bicyclic) bond motifs is 2. The Bertz CT molecular complexity index is 1080. The van der Waals surface area contributed by atoms with Gasteiger partial charge in [0.15, 0.2) is 0 Å². The van der Waals surface area contributed by atoms with Gasteiger partial charge in [-0.3, -0.25) is 4.90 Å². The number of likely N-dealkylation sites (tertiary alicyclic amines) is 1. The maximum atomic E-state index is 10.9. The number of phenols is 1. The summed E-state index contributed by atoms with van der Waals surface area (Å²) in [4.78, 5) is 15.8. The number of aliphatic hydroxyl groups excluding tert-OH is 1. The molecule has 30 heavy (non-hydrogen) atoms. The Hall–Kier alpha value is -2.71. The lowest BCUT2D eigenvalue weighted by Gasteiger charge is -2.32. The van der Waals surface area contributed by atoms with Gasteiger partial charge in [-0.1, -0.05) is 6.07 Å². The average Bonchev–Trinajstić information content (AvgIpc) is 3.34. The number of hydrogen-bond donors (Lipinski definition) is 3. The zero-order valence-corrected chi connectivity index (χ0v) is 17.2. The fourth-order valence-electron chi connectivity index (χ4n) is 4.79. The number of β-amino-alcohol motifs (C(OH)–C–C–N with tert-alkyl or cyclic N) is 1. The summed E-state index contributed by atoms with van der Waals surface area (Å²) >= 11 is 0. The predicted octanol–water partition coefficient (Wildman–Crippen LogP) is 2.66. The molecule has 3 aromatic rings. The molecule has 0 saturated carbocycles. The zero-order chi connectivity index (χ0) is 20.7. The van der Waals surface area contributed by atoms with Gasteiger partial charge in [-0.25, -0.2) is 9.97 Å². The van der Waals surface area contributed by atoms with E-state index in [1.54, 1.807) is 6.20 Å². The lowest BCUT2D eigenvalue weighted by molar-refractivity contribution is 0.166. The first-order valence-corrected chi connectivity index (χ1v) is 10.7. The van der Waals surface area contributed by atoms with Crippen LogP contribution in [-0.2, 0) is 12.8 Å². The standard InChI is InChI=1S/C22H27N5O3/c1-13-10-14-4-2-6-16(14)19(29)18(13)17-11-23-21-20(25-17)26-22(30-21)24-15-5-3-7-27(12-15)8-9-28/h10-11,15,28-29H,2-9,12H2,1H3,(H,24,25,26)/t15-/m1/s1. The van der Waals surface area contributed by atoms with Gasteiger partial charge in [0, 0.05) is 24.7 Å². The van der Waals surface area contributed by atoms with Crippen molar-refractivity contribution in [3.05, 3.63) is 29.0 Å². The third kappa shape index (κ3) is 3.50. The molecular formula is C22H27N5O3. The van der Waals surface area contributed by atoms with Crippen LogP contribution in [0.2, 0.25) is 0 Å². The number of piperidine rings is 1. The molecule has 0 amide bonds. The summed E-state index contributed by atoms with van der Waals surface area (Å²) in [7, 11) is 0. The Morgan fingerprint density at radius 3 is 3.03 bits per heavy atom. The van der Waals surface area contributed by atoms with Gasteiger partial charge >= 0.3 is 0 Å². The van der Waals surface area contributed by atoms with Crippen molar-refractivity contribution in [2.24, 2.45) is 0 Å². The van der Waals surface area contributed by atoms with E-state index in [1.807, 2.05) is 6.92 Å². The normalized spacial score (nSPS) is 19.3. The molecule has 8 heteroatoms. The lowest BCUT2D eigenvalue weighted by atomic mass is 9.97. The summed E-state index contributed by atoms with van der Waals surface area (Å²) < 4.78 is 5.77. The number of rotatable bonds is 5. The lowest BCUT2D eigenvalue weighted by Crippen LogP contribution is -2.43. The highest BCUT2D eigenvalue weighted by Gasteiger charge is 2.24. The van der Waals surface area contributed by atoms with Crippen LogP contribution in [0.15, 0.2) is 16.7 Å². The van der Waals surface area contributed by atoms with E-state index in [4.69, 9.17) is 4.42 Å². The maximum absolute atomic E-state index is 10.9. The molecule has 1 fully saturated rings. The molecule has 2 aromatic heterocycles. The van der Waals surface area contributed by atoms with E-state index in [0.29, 0.717) is 35.4 Å². The molecule has 3 heterocycles. The first-order valence-electron chi connectivity index (χ1n) is 10.7. The SMILES string of the molecule is Cc1cc2c(c(O)c1-c1cnc3oc(N[C@@H]4CCCN(CCO)C4)nc3n1)CCC2. The Labute approximate surface area is 175 Å². The number of oxazole rings is 1. The number of benzene rings is 1. The van der Waals surface area contributed by atoms with Crippen LogP contribution >= 0.6 is 0 Å². The molecule has 1 aromatic carbocycles. The van der Waals surface area contributed by atoms with Crippen molar-refractivity contribution in [1.29, 1.82) is 0 Å². The molecule has 0 bridgehead atoms. The molecule has 5 rings (SSSR count). The molecule has 2 aliphatic rings. The number of hydrogen-bond acceptors (Lipinski definition) is 8. The second kappa shape index (κ2) is 7.85. The van der Waals surface area contributed by atoms with Crippen LogP contribution in [0.1, 0.15) is 36.0 Å². The van der Waals surface area contributed by atoms with Crippen molar-refractivity contribution in [3.8, 4) is 17.0 Å². The number of phenolic OH excluding ortho intramolecular Hbond substituents is 1. The van der Waals surface area contributed by atoms with Gasteiger partial charge in [0.2, 0.25) is 5.65 Å². The monoisotopic (exact) mass is 409 g/mol. The topological polar surface area (TPSA) is 108 Å². The first kappa shape index (κ1) is 19.3. The van der Waals surface area contributed by atoms with Gasteiger partial charge in [0.25, 0.3) is 11.7 Å². The quantitative estimate of drug-likeness (QED) is 0.590. The van der Waals surface area contributed by atoms with Crippen LogP contribution < -0.4 is 5.32 Å². The zero-order valence-electron chi connectivity index (χ0n) is 17.2.